The Kier molecular flexibility index (Phi) is 7.49. The van der Waals surface area contributed by atoms with Crippen LogP contribution in [-0.2, 0) is 23.9 Å². The zero-order chi connectivity index (χ0) is 20.9. The monoisotopic (exact) mass is 408 g/mol. The van der Waals surface area contributed by atoms with Crippen LogP contribution in [0.2, 0.25) is 0 Å². The van der Waals surface area contributed by atoms with E-state index in [9.17, 15) is 14.2 Å². The standard InChI is InChI=1S/C21H29O6P/c1-14-12-15(2)17(16(3)13-14)18(22)21(8-6-7-9-21)20(4,28-24)19(23)27-26-11-10-25-5/h12-13H,6-11H2,1-5H3. The molecular weight excluding hydrogens is 379 g/mol. The molecule has 1 aliphatic carbocycles. The van der Waals surface area contributed by atoms with Gasteiger partial charge in [-0.2, -0.15) is 4.89 Å². The van der Waals surface area contributed by atoms with Crippen molar-refractivity contribution in [2.75, 3.05) is 20.3 Å². The van der Waals surface area contributed by atoms with Crippen LogP contribution in [0.15, 0.2) is 12.1 Å². The molecule has 1 saturated carbocycles. The van der Waals surface area contributed by atoms with Gasteiger partial charge >= 0.3 is 5.97 Å². The molecule has 6 nitrogen and oxygen atoms in total. The number of hydrogen-bond donors (Lipinski definition) is 0. The van der Waals surface area contributed by atoms with Crippen LogP contribution in [0, 0.1) is 26.2 Å². The fourth-order valence-corrected chi connectivity index (χ4v) is 4.92. The molecule has 0 saturated heterocycles. The predicted molar refractivity (Wildman–Crippen MR) is 106 cm³/mol. The Morgan fingerprint density at radius 3 is 2.18 bits per heavy atom. The van der Waals surface area contributed by atoms with E-state index >= 15 is 0 Å². The summed E-state index contributed by atoms with van der Waals surface area (Å²) in [6, 6.07) is 3.92. The lowest BCUT2D eigenvalue weighted by Crippen LogP contribution is -2.52. The second-order valence-electron chi connectivity index (χ2n) is 7.74. The van der Waals surface area contributed by atoms with Gasteiger partial charge in [0.2, 0.25) is 0 Å². The maximum absolute atomic E-state index is 13.8. The van der Waals surface area contributed by atoms with Crippen LogP contribution < -0.4 is 0 Å². The minimum atomic E-state index is -1.53. The smallest absolute Gasteiger partial charge is 0.360 e. The van der Waals surface area contributed by atoms with E-state index < -0.39 is 25.0 Å². The Morgan fingerprint density at radius 2 is 1.68 bits per heavy atom. The molecule has 2 rings (SSSR count). The average molecular weight is 408 g/mol. The molecule has 0 bridgehead atoms. The summed E-state index contributed by atoms with van der Waals surface area (Å²) in [4.78, 5) is 36.5. The van der Waals surface area contributed by atoms with E-state index in [1.807, 2.05) is 32.9 Å². The number of carbonyl (C=O) groups is 2. The minimum absolute atomic E-state index is 0.0607. The van der Waals surface area contributed by atoms with Gasteiger partial charge in [0.1, 0.15) is 6.61 Å². The maximum Gasteiger partial charge on any atom is 0.360 e. The van der Waals surface area contributed by atoms with Crippen LogP contribution in [0.4, 0.5) is 0 Å². The number of rotatable bonds is 9. The van der Waals surface area contributed by atoms with Crippen LogP contribution in [0.25, 0.3) is 0 Å². The zero-order valence-corrected chi connectivity index (χ0v) is 18.2. The highest BCUT2D eigenvalue weighted by atomic mass is 31.1. The molecule has 1 aliphatic rings. The Hall–Kier alpha value is -1.62. The van der Waals surface area contributed by atoms with Crippen molar-refractivity contribution in [1.29, 1.82) is 0 Å². The van der Waals surface area contributed by atoms with Crippen molar-refractivity contribution >= 4 is 20.2 Å². The average Bonchev–Trinajstić information content (AvgIpc) is 3.15. The summed E-state index contributed by atoms with van der Waals surface area (Å²) < 4.78 is 17.1. The van der Waals surface area contributed by atoms with Crippen molar-refractivity contribution in [2.24, 2.45) is 5.41 Å². The molecule has 1 fully saturated rings. The van der Waals surface area contributed by atoms with Crippen molar-refractivity contribution in [3.05, 3.63) is 34.4 Å². The fraction of sp³-hybridized carbons (Fsp3) is 0.619. The van der Waals surface area contributed by atoms with E-state index in [-0.39, 0.29) is 19.0 Å². The van der Waals surface area contributed by atoms with Crippen LogP contribution in [0.1, 0.15) is 59.7 Å². The normalized spacial score (nSPS) is 18.0. The van der Waals surface area contributed by atoms with Gasteiger partial charge in [0, 0.05) is 12.7 Å². The quantitative estimate of drug-likeness (QED) is 0.196. The molecule has 0 aromatic heterocycles. The van der Waals surface area contributed by atoms with E-state index in [1.165, 1.54) is 14.0 Å². The maximum atomic E-state index is 13.8. The van der Waals surface area contributed by atoms with E-state index in [4.69, 9.17) is 14.5 Å². The molecule has 0 heterocycles. The molecular formula is C21H29O6P. The topological polar surface area (TPSA) is 78.9 Å². The number of hydrogen-bond acceptors (Lipinski definition) is 6. The predicted octanol–water partition coefficient (Wildman–Crippen LogP) is 4.53. The third-order valence-corrected chi connectivity index (χ3v) is 6.79. The van der Waals surface area contributed by atoms with Gasteiger partial charge < -0.3 is 4.74 Å². The van der Waals surface area contributed by atoms with Gasteiger partial charge in [-0.1, -0.05) is 30.5 Å². The van der Waals surface area contributed by atoms with E-state index in [1.54, 1.807) is 0 Å². The number of aryl methyl sites for hydroxylation is 3. The summed E-state index contributed by atoms with van der Waals surface area (Å²) in [7, 11) is 1.05. The van der Waals surface area contributed by atoms with Gasteiger partial charge in [-0.05, 0) is 51.7 Å². The number of ether oxygens (including phenoxy) is 1. The number of ketones is 1. The van der Waals surface area contributed by atoms with Gasteiger partial charge in [0.25, 0.3) is 0 Å². The van der Waals surface area contributed by atoms with Crippen LogP contribution >= 0.6 is 8.46 Å². The van der Waals surface area contributed by atoms with Crippen molar-refractivity contribution in [3.8, 4) is 0 Å². The molecule has 0 aliphatic heterocycles. The molecule has 1 aromatic rings. The Labute approximate surface area is 168 Å². The van der Waals surface area contributed by atoms with Gasteiger partial charge in [0.15, 0.2) is 19.4 Å². The van der Waals surface area contributed by atoms with Crippen LogP contribution in [0.3, 0.4) is 0 Å². The van der Waals surface area contributed by atoms with E-state index in [0.29, 0.717) is 18.4 Å². The van der Waals surface area contributed by atoms with Crippen molar-refractivity contribution in [1.82, 2.24) is 0 Å². The number of benzene rings is 1. The first-order valence-corrected chi connectivity index (χ1v) is 10.3. The molecule has 7 heteroatoms. The lowest BCUT2D eigenvalue weighted by Gasteiger charge is -2.38. The minimum Gasteiger partial charge on any atom is -0.382 e. The molecule has 154 valence electrons. The summed E-state index contributed by atoms with van der Waals surface area (Å²) in [5, 5.41) is -1.53. The zero-order valence-electron chi connectivity index (χ0n) is 17.3. The van der Waals surface area contributed by atoms with Gasteiger partial charge in [-0.3, -0.25) is 14.2 Å². The highest BCUT2D eigenvalue weighted by Gasteiger charge is 2.61. The lowest BCUT2D eigenvalue weighted by atomic mass is 9.67. The lowest BCUT2D eigenvalue weighted by molar-refractivity contribution is -0.279. The number of methoxy groups -OCH3 is 1. The molecule has 0 spiro atoms. The van der Waals surface area contributed by atoms with Crippen molar-refractivity contribution in [2.45, 2.75) is 58.5 Å². The number of carbonyl (C=O) groups excluding carboxylic acids is 2. The highest BCUT2D eigenvalue weighted by Crippen LogP contribution is 2.55. The first kappa shape index (κ1) is 22.7. The molecule has 0 radical (unpaired) electrons. The third kappa shape index (κ3) is 4.05. The summed E-state index contributed by atoms with van der Waals surface area (Å²) in [5.74, 6) is -0.933. The Balaban J connectivity index is 2.44. The van der Waals surface area contributed by atoms with Crippen LogP contribution in [0.5, 0.6) is 0 Å². The second kappa shape index (κ2) is 9.25. The first-order chi connectivity index (χ1) is 13.2. The Morgan fingerprint density at radius 1 is 1.11 bits per heavy atom. The largest absolute Gasteiger partial charge is 0.382 e. The first-order valence-electron chi connectivity index (χ1n) is 9.53. The van der Waals surface area contributed by atoms with E-state index in [2.05, 4.69) is 0 Å². The second-order valence-corrected chi connectivity index (χ2v) is 8.82. The molecule has 1 atom stereocenters. The van der Waals surface area contributed by atoms with E-state index in [0.717, 1.165) is 29.5 Å². The van der Waals surface area contributed by atoms with Gasteiger partial charge in [0.05, 0.1) is 12.0 Å². The molecule has 1 unspecified atom stereocenters. The summed E-state index contributed by atoms with van der Waals surface area (Å²) in [6.45, 7) is 7.62. The van der Waals surface area contributed by atoms with Crippen molar-refractivity contribution < 1.29 is 28.7 Å². The molecule has 0 amide bonds. The third-order valence-electron chi connectivity index (χ3n) is 5.81. The summed E-state index contributed by atoms with van der Waals surface area (Å²) in [5.41, 5.74) is 2.31. The van der Waals surface area contributed by atoms with Gasteiger partial charge in [-0.25, -0.2) is 4.79 Å². The molecule has 1 aromatic carbocycles. The summed E-state index contributed by atoms with van der Waals surface area (Å²) in [6.07, 6.45) is 2.55. The van der Waals surface area contributed by atoms with Crippen molar-refractivity contribution in [3.63, 3.8) is 0 Å². The number of Topliss-reactive ketones (excluding diaryl/α,β-unsaturated/α-hetero) is 1. The van der Waals surface area contributed by atoms with Gasteiger partial charge in [-0.15, -0.1) is 0 Å². The Bertz CT molecular complexity index is 730. The van der Waals surface area contributed by atoms with Crippen LogP contribution in [-0.4, -0.2) is 37.2 Å². The highest BCUT2D eigenvalue weighted by molar-refractivity contribution is 7.28. The fourth-order valence-electron chi connectivity index (χ4n) is 4.30. The summed E-state index contributed by atoms with van der Waals surface area (Å²) >= 11 is 0. The molecule has 28 heavy (non-hydrogen) atoms. The SMILES string of the molecule is COCCOOC(=O)C(C)(P=O)C1(C(=O)c2c(C)cc(C)cc2C)CCCC1. The molecule has 0 N–H and O–H groups in total.